The molecule has 7 heteroatoms. The zero-order valence-electron chi connectivity index (χ0n) is 21.2. The maximum absolute atomic E-state index is 11.6. The first-order valence-electron chi connectivity index (χ1n) is 13.2. The molecule has 1 N–H and O–H groups in total. The minimum Gasteiger partial charge on any atom is -0.478 e. The van der Waals surface area contributed by atoms with Gasteiger partial charge in [-0.1, -0.05) is 29.4 Å². The number of carboxylic acids is 1. The molecular formula is C30H31N3O4. The standard InChI is InChI=1S/C30H31N3O4/c1-17-5-3-4-6-22(17)27-25(29(37-31-27)18-7-8-18)16-36-28-19-11-20(28)14-33(13-19)21-9-10-23-24(30(34)35)15-32(2)26(23)12-21/h3-6,9-10,12,15,18-20,28H,7-8,11,13-14,16H2,1-2H3,(H,34,35). The minimum atomic E-state index is -0.888. The number of nitrogens with zero attached hydrogens (tertiary/aromatic N) is 3. The fourth-order valence-corrected chi connectivity index (χ4v) is 6.42. The summed E-state index contributed by atoms with van der Waals surface area (Å²) in [6.07, 6.45) is 5.47. The Hall–Kier alpha value is -3.58. The molecule has 2 saturated carbocycles. The summed E-state index contributed by atoms with van der Waals surface area (Å²) in [7, 11) is 1.90. The van der Waals surface area contributed by atoms with Crippen LogP contribution in [0.3, 0.4) is 0 Å². The second kappa shape index (κ2) is 8.48. The van der Waals surface area contributed by atoms with Crippen LogP contribution in [0.2, 0.25) is 0 Å². The quantitative estimate of drug-likeness (QED) is 0.350. The SMILES string of the molecule is Cc1ccccc1-c1noc(C2CC2)c1COC1C2CC1CN(c1ccc3c(C(=O)O)cn(C)c3c1)C2. The zero-order chi connectivity index (χ0) is 25.3. The lowest BCUT2D eigenvalue weighted by atomic mass is 9.68. The van der Waals surface area contributed by atoms with Gasteiger partial charge in [-0.2, -0.15) is 0 Å². The van der Waals surface area contributed by atoms with Crippen LogP contribution >= 0.6 is 0 Å². The molecule has 2 aliphatic heterocycles. The molecular weight excluding hydrogens is 466 g/mol. The molecule has 4 aliphatic rings. The Bertz CT molecular complexity index is 1500. The number of fused-ring (bicyclic) bond motifs is 3. The van der Waals surface area contributed by atoms with Crippen molar-refractivity contribution in [2.24, 2.45) is 18.9 Å². The lowest BCUT2D eigenvalue weighted by Gasteiger charge is -2.53. The summed E-state index contributed by atoms with van der Waals surface area (Å²) in [5.41, 5.74) is 6.83. The Balaban J connectivity index is 1.08. The number of benzene rings is 2. The van der Waals surface area contributed by atoms with Crippen LogP contribution in [0, 0.1) is 18.8 Å². The molecule has 2 saturated heterocycles. The van der Waals surface area contributed by atoms with Gasteiger partial charge in [0.1, 0.15) is 11.5 Å². The fourth-order valence-electron chi connectivity index (χ4n) is 6.42. The van der Waals surface area contributed by atoms with E-state index in [0.29, 0.717) is 29.9 Å². The van der Waals surface area contributed by atoms with Gasteiger partial charge in [0.25, 0.3) is 0 Å². The van der Waals surface area contributed by atoms with Gasteiger partial charge < -0.3 is 23.8 Å². The van der Waals surface area contributed by atoms with Crippen molar-refractivity contribution >= 4 is 22.6 Å². The number of ether oxygens (including phenoxy) is 1. The molecule has 2 aromatic heterocycles. The molecule has 2 aromatic carbocycles. The van der Waals surface area contributed by atoms with Crippen molar-refractivity contribution in [1.29, 1.82) is 0 Å². The van der Waals surface area contributed by atoms with Crippen LogP contribution in [0.1, 0.15) is 52.4 Å². The molecule has 8 rings (SSSR count). The number of hydrogen-bond acceptors (Lipinski definition) is 5. The van der Waals surface area contributed by atoms with Crippen LogP contribution in [-0.4, -0.2) is 40.0 Å². The number of anilines is 1. The molecule has 4 fully saturated rings. The number of carbonyl (C=O) groups is 1. The van der Waals surface area contributed by atoms with E-state index in [1.165, 1.54) is 24.8 Å². The highest BCUT2D eigenvalue weighted by molar-refractivity contribution is 6.04. The lowest BCUT2D eigenvalue weighted by Crippen LogP contribution is -2.59. The summed E-state index contributed by atoms with van der Waals surface area (Å²) in [6, 6.07) is 14.5. The highest BCUT2D eigenvalue weighted by Gasteiger charge is 2.48. The minimum absolute atomic E-state index is 0.250. The van der Waals surface area contributed by atoms with Gasteiger partial charge in [-0.15, -0.1) is 0 Å². The van der Waals surface area contributed by atoms with E-state index in [0.717, 1.165) is 52.3 Å². The number of rotatable bonds is 7. The molecule has 0 radical (unpaired) electrons. The van der Waals surface area contributed by atoms with E-state index in [-0.39, 0.29) is 6.10 Å². The number of carboxylic acid groups (broad SMARTS) is 1. The van der Waals surface area contributed by atoms with Gasteiger partial charge in [0.05, 0.1) is 23.8 Å². The van der Waals surface area contributed by atoms with Gasteiger partial charge in [0, 0.05) is 66.3 Å². The molecule has 2 aliphatic carbocycles. The van der Waals surface area contributed by atoms with Gasteiger partial charge in [-0.05, 0) is 49.9 Å². The molecule has 4 aromatic rings. The van der Waals surface area contributed by atoms with Crippen LogP contribution in [0.15, 0.2) is 53.2 Å². The van der Waals surface area contributed by atoms with Crippen molar-refractivity contribution in [3.8, 4) is 11.3 Å². The first kappa shape index (κ1) is 22.6. The molecule has 190 valence electrons. The van der Waals surface area contributed by atoms with E-state index in [1.54, 1.807) is 6.20 Å². The number of aryl methyl sites for hydroxylation is 2. The van der Waals surface area contributed by atoms with Gasteiger partial charge in [-0.3, -0.25) is 0 Å². The van der Waals surface area contributed by atoms with Crippen LogP contribution < -0.4 is 4.90 Å². The predicted octanol–water partition coefficient (Wildman–Crippen LogP) is 5.76. The summed E-state index contributed by atoms with van der Waals surface area (Å²) in [5, 5.41) is 14.8. The molecule has 37 heavy (non-hydrogen) atoms. The Morgan fingerprint density at radius 3 is 2.68 bits per heavy atom. The highest BCUT2D eigenvalue weighted by Crippen LogP contribution is 2.47. The summed E-state index contributed by atoms with van der Waals surface area (Å²) < 4.78 is 14.4. The topological polar surface area (TPSA) is 80.7 Å². The smallest absolute Gasteiger partial charge is 0.337 e. The third-order valence-electron chi connectivity index (χ3n) is 8.60. The molecule has 2 unspecified atom stereocenters. The highest BCUT2D eigenvalue weighted by atomic mass is 16.5. The first-order valence-corrected chi connectivity index (χ1v) is 13.2. The maximum atomic E-state index is 11.6. The molecule has 0 amide bonds. The molecule has 2 atom stereocenters. The average molecular weight is 498 g/mol. The largest absolute Gasteiger partial charge is 0.478 e. The second-order valence-corrected chi connectivity index (χ2v) is 11.1. The van der Waals surface area contributed by atoms with Gasteiger partial charge >= 0.3 is 5.97 Å². The summed E-state index contributed by atoms with van der Waals surface area (Å²) >= 11 is 0. The Morgan fingerprint density at radius 1 is 1.16 bits per heavy atom. The molecule has 7 nitrogen and oxygen atoms in total. The number of piperidine rings is 2. The first-order chi connectivity index (χ1) is 18.0. The van der Waals surface area contributed by atoms with Crippen LogP contribution in [-0.2, 0) is 18.4 Å². The van der Waals surface area contributed by atoms with E-state index in [1.807, 2.05) is 17.7 Å². The van der Waals surface area contributed by atoms with Crippen molar-refractivity contribution in [1.82, 2.24) is 9.72 Å². The van der Waals surface area contributed by atoms with Gasteiger partial charge in [0.15, 0.2) is 0 Å². The molecule has 0 spiro atoms. The van der Waals surface area contributed by atoms with Crippen molar-refractivity contribution in [3.05, 3.63) is 71.1 Å². The van der Waals surface area contributed by atoms with E-state index < -0.39 is 5.97 Å². The summed E-state index contributed by atoms with van der Waals surface area (Å²) in [4.78, 5) is 14.0. The fraction of sp³-hybridized carbons (Fsp3) is 0.400. The van der Waals surface area contributed by atoms with E-state index in [2.05, 4.69) is 53.4 Å². The Morgan fingerprint density at radius 2 is 1.95 bits per heavy atom. The van der Waals surface area contributed by atoms with Crippen LogP contribution in [0.5, 0.6) is 0 Å². The van der Waals surface area contributed by atoms with Crippen LogP contribution in [0.25, 0.3) is 22.2 Å². The maximum Gasteiger partial charge on any atom is 0.337 e. The third-order valence-corrected chi connectivity index (χ3v) is 8.60. The van der Waals surface area contributed by atoms with Crippen molar-refractivity contribution in [3.63, 3.8) is 0 Å². The lowest BCUT2D eigenvalue weighted by molar-refractivity contribution is -0.111. The third kappa shape index (κ3) is 3.75. The van der Waals surface area contributed by atoms with Crippen molar-refractivity contribution < 1.29 is 19.2 Å². The number of hydrogen-bond donors (Lipinski definition) is 1. The summed E-state index contributed by atoms with van der Waals surface area (Å²) in [6.45, 7) is 4.56. The molecule has 2 bridgehead atoms. The molecule has 4 heterocycles. The predicted molar refractivity (Wildman–Crippen MR) is 141 cm³/mol. The average Bonchev–Trinajstić information content (AvgIpc) is 3.58. The second-order valence-electron chi connectivity index (χ2n) is 11.1. The van der Waals surface area contributed by atoms with Gasteiger partial charge in [0.2, 0.25) is 0 Å². The summed E-state index contributed by atoms with van der Waals surface area (Å²) in [5.74, 6) is 1.59. The van der Waals surface area contributed by atoms with E-state index in [9.17, 15) is 9.90 Å². The number of aromatic carboxylic acids is 1. The Kier molecular flexibility index (Phi) is 5.18. The number of aromatic nitrogens is 2. The Labute approximate surface area is 215 Å². The van der Waals surface area contributed by atoms with Crippen LogP contribution in [0.4, 0.5) is 5.69 Å². The normalized spacial score (nSPS) is 22.9. The van der Waals surface area contributed by atoms with Crippen molar-refractivity contribution in [2.45, 2.75) is 44.8 Å². The van der Waals surface area contributed by atoms with E-state index >= 15 is 0 Å². The van der Waals surface area contributed by atoms with Gasteiger partial charge in [-0.25, -0.2) is 4.79 Å². The van der Waals surface area contributed by atoms with Crippen molar-refractivity contribution in [2.75, 3.05) is 18.0 Å². The monoisotopic (exact) mass is 497 g/mol. The zero-order valence-corrected chi connectivity index (χ0v) is 21.2. The van der Waals surface area contributed by atoms with E-state index in [4.69, 9.17) is 9.26 Å².